The van der Waals surface area contributed by atoms with E-state index in [1.807, 2.05) is 36.4 Å². The van der Waals surface area contributed by atoms with Gasteiger partial charge in [-0.2, -0.15) is 0 Å². The van der Waals surface area contributed by atoms with E-state index in [-0.39, 0.29) is 19.6 Å². The number of carboxylic acids is 1. The molecule has 1 unspecified atom stereocenters. The summed E-state index contributed by atoms with van der Waals surface area (Å²) < 4.78 is 11.1. The highest BCUT2D eigenvalue weighted by Crippen LogP contribution is 2.27. The second-order valence-corrected chi connectivity index (χ2v) is 8.16. The number of carbonyl (C=O) groups excluding carboxylic acids is 1. The first-order valence-corrected chi connectivity index (χ1v) is 9.53. The van der Waals surface area contributed by atoms with Crippen molar-refractivity contribution in [2.45, 2.75) is 38.4 Å². The smallest absolute Gasteiger partial charge is 0.410 e. The zero-order valence-corrected chi connectivity index (χ0v) is 16.9. The molecule has 0 bridgehead atoms. The van der Waals surface area contributed by atoms with Crippen LogP contribution < -0.4 is 0 Å². The molecule has 1 fully saturated rings. The predicted octanol–water partition coefficient (Wildman–Crippen LogP) is 3.38. The van der Waals surface area contributed by atoms with Crippen LogP contribution in [0.4, 0.5) is 4.79 Å². The molecule has 154 valence electrons. The Kier molecular flexibility index (Phi) is 5.88. The fraction of sp³-hybridized carbons (Fsp3) is 0.409. The Hall–Kier alpha value is -2.93. The summed E-state index contributed by atoms with van der Waals surface area (Å²) in [6, 6.07) is 11.4. The topological polar surface area (TPSA) is 89.0 Å². The monoisotopic (exact) mass is 398 g/mol. The standard InChI is InChI=1S/C22H26N2O5/c1-21(2,3)29-20(27)24-11-12-28-22(15-24,19(25)26)14-16-5-4-6-18(13-16)17-7-9-23-10-8-17/h4-10,13H,11-12,14-15H2,1-3H3,(H,25,26). The van der Waals surface area contributed by atoms with E-state index in [9.17, 15) is 14.7 Å². The Bertz CT molecular complexity index is 878. The quantitative estimate of drug-likeness (QED) is 0.849. The normalized spacial score (nSPS) is 19.6. The van der Waals surface area contributed by atoms with Crippen LogP contribution in [0.15, 0.2) is 48.8 Å². The number of carboxylic acid groups (broad SMARTS) is 1. The highest BCUT2D eigenvalue weighted by atomic mass is 16.6. The van der Waals surface area contributed by atoms with Gasteiger partial charge < -0.3 is 19.5 Å². The third-order valence-electron chi connectivity index (χ3n) is 4.66. The number of carbonyl (C=O) groups is 2. The van der Waals surface area contributed by atoms with E-state index < -0.39 is 23.3 Å². The Balaban J connectivity index is 1.83. The van der Waals surface area contributed by atoms with Crippen LogP contribution in [0.3, 0.4) is 0 Å². The SMILES string of the molecule is CC(C)(C)OC(=O)N1CCOC(Cc2cccc(-c3ccncc3)c2)(C(=O)O)C1. The molecule has 3 rings (SSSR count). The van der Waals surface area contributed by atoms with Gasteiger partial charge in [0.05, 0.1) is 13.2 Å². The first kappa shape index (κ1) is 20.8. The lowest BCUT2D eigenvalue weighted by atomic mass is 9.91. The minimum atomic E-state index is -1.52. The van der Waals surface area contributed by atoms with E-state index in [1.54, 1.807) is 33.2 Å². The molecular formula is C22H26N2O5. The van der Waals surface area contributed by atoms with Crippen LogP contribution in [-0.2, 0) is 20.7 Å². The number of pyridine rings is 1. The van der Waals surface area contributed by atoms with Gasteiger partial charge in [-0.3, -0.25) is 4.98 Å². The number of hydrogen-bond acceptors (Lipinski definition) is 5. The molecule has 7 nitrogen and oxygen atoms in total. The lowest BCUT2D eigenvalue weighted by molar-refractivity contribution is -0.176. The minimum Gasteiger partial charge on any atom is -0.479 e. The molecule has 0 aliphatic carbocycles. The van der Waals surface area contributed by atoms with Gasteiger partial charge in [-0.1, -0.05) is 24.3 Å². The van der Waals surface area contributed by atoms with E-state index in [0.29, 0.717) is 6.54 Å². The molecule has 1 N–H and O–H groups in total. The number of morpholine rings is 1. The molecule has 1 aromatic heterocycles. The van der Waals surface area contributed by atoms with Crippen molar-refractivity contribution in [2.75, 3.05) is 19.7 Å². The van der Waals surface area contributed by atoms with E-state index in [1.165, 1.54) is 4.90 Å². The fourth-order valence-electron chi connectivity index (χ4n) is 3.31. The Labute approximate surface area is 170 Å². The van der Waals surface area contributed by atoms with Gasteiger partial charge in [0, 0.05) is 25.4 Å². The van der Waals surface area contributed by atoms with Crippen LogP contribution in [-0.4, -0.2) is 58.0 Å². The molecule has 0 spiro atoms. The number of amides is 1. The Morgan fingerprint density at radius 1 is 1.21 bits per heavy atom. The lowest BCUT2D eigenvalue weighted by Crippen LogP contribution is -2.59. The van der Waals surface area contributed by atoms with Gasteiger partial charge in [-0.05, 0) is 49.6 Å². The number of benzene rings is 1. The molecule has 1 saturated heterocycles. The van der Waals surface area contributed by atoms with Gasteiger partial charge >= 0.3 is 12.1 Å². The summed E-state index contributed by atoms with van der Waals surface area (Å²) in [5, 5.41) is 9.96. The molecule has 7 heteroatoms. The van der Waals surface area contributed by atoms with E-state index in [0.717, 1.165) is 16.7 Å². The summed E-state index contributed by atoms with van der Waals surface area (Å²) in [6.45, 7) is 5.69. The van der Waals surface area contributed by atoms with Crippen molar-refractivity contribution >= 4 is 12.1 Å². The highest BCUT2D eigenvalue weighted by Gasteiger charge is 2.46. The van der Waals surface area contributed by atoms with E-state index in [4.69, 9.17) is 9.47 Å². The number of nitrogens with zero attached hydrogens (tertiary/aromatic N) is 2. The molecule has 29 heavy (non-hydrogen) atoms. The van der Waals surface area contributed by atoms with Crippen LogP contribution in [0.1, 0.15) is 26.3 Å². The largest absolute Gasteiger partial charge is 0.479 e. The molecule has 1 aliphatic rings. The minimum absolute atomic E-state index is 0.0727. The number of ether oxygens (including phenoxy) is 2. The molecule has 1 aromatic carbocycles. The van der Waals surface area contributed by atoms with Gasteiger partial charge in [-0.25, -0.2) is 9.59 Å². The number of aromatic nitrogens is 1. The van der Waals surface area contributed by atoms with E-state index in [2.05, 4.69) is 4.98 Å². The summed E-state index contributed by atoms with van der Waals surface area (Å²) in [6.07, 6.45) is 3.03. The zero-order chi connectivity index (χ0) is 21.1. The molecule has 0 saturated carbocycles. The van der Waals surface area contributed by atoms with Gasteiger partial charge in [0.1, 0.15) is 5.60 Å². The van der Waals surface area contributed by atoms with Gasteiger partial charge in [0.25, 0.3) is 0 Å². The molecule has 2 aromatic rings. The first-order chi connectivity index (χ1) is 13.7. The van der Waals surface area contributed by atoms with E-state index >= 15 is 0 Å². The summed E-state index contributed by atoms with van der Waals surface area (Å²) >= 11 is 0. The summed E-state index contributed by atoms with van der Waals surface area (Å²) in [4.78, 5) is 30.1. The van der Waals surface area contributed by atoms with Crippen LogP contribution >= 0.6 is 0 Å². The Morgan fingerprint density at radius 3 is 2.59 bits per heavy atom. The second-order valence-electron chi connectivity index (χ2n) is 8.16. The average molecular weight is 398 g/mol. The maximum atomic E-state index is 12.5. The third-order valence-corrected chi connectivity index (χ3v) is 4.66. The summed E-state index contributed by atoms with van der Waals surface area (Å²) in [5.74, 6) is -1.10. The van der Waals surface area contributed by atoms with Gasteiger partial charge in [0.15, 0.2) is 5.60 Å². The fourth-order valence-corrected chi connectivity index (χ4v) is 3.31. The molecule has 1 amide bonds. The summed E-state index contributed by atoms with van der Waals surface area (Å²) in [5.41, 5.74) is 0.593. The van der Waals surface area contributed by atoms with Crippen LogP contribution in [0.2, 0.25) is 0 Å². The molecular weight excluding hydrogens is 372 g/mol. The van der Waals surface area contributed by atoms with Crippen molar-refractivity contribution in [2.24, 2.45) is 0 Å². The third kappa shape index (κ3) is 5.12. The van der Waals surface area contributed by atoms with Crippen LogP contribution in [0.25, 0.3) is 11.1 Å². The maximum Gasteiger partial charge on any atom is 0.410 e. The van der Waals surface area contributed by atoms with Crippen molar-refractivity contribution < 1.29 is 24.2 Å². The number of hydrogen-bond donors (Lipinski definition) is 1. The predicted molar refractivity (Wildman–Crippen MR) is 108 cm³/mol. The molecule has 2 heterocycles. The first-order valence-electron chi connectivity index (χ1n) is 9.53. The lowest BCUT2D eigenvalue weighted by Gasteiger charge is -2.40. The Morgan fingerprint density at radius 2 is 1.93 bits per heavy atom. The zero-order valence-electron chi connectivity index (χ0n) is 16.9. The molecule has 1 aliphatic heterocycles. The number of aliphatic carboxylic acids is 1. The van der Waals surface area contributed by atoms with Crippen LogP contribution in [0.5, 0.6) is 0 Å². The summed E-state index contributed by atoms with van der Waals surface area (Å²) in [7, 11) is 0. The van der Waals surface area contributed by atoms with Crippen molar-refractivity contribution in [3.05, 3.63) is 54.4 Å². The number of rotatable bonds is 4. The van der Waals surface area contributed by atoms with Crippen molar-refractivity contribution in [1.29, 1.82) is 0 Å². The highest BCUT2D eigenvalue weighted by molar-refractivity contribution is 5.80. The average Bonchev–Trinajstić information content (AvgIpc) is 2.68. The second kappa shape index (κ2) is 8.21. The van der Waals surface area contributed by atoms with Gasteiger partial charge in [-0.15, -0.1) is 0 Å². The van der Waals surface area contributed by atoms with Crippen LogP contribution in [0, 0.1) is 0 Å². The van der Waals surface area contributed by atoms with Crippen molar-refractivity contribution in [3.63, 3.8) is 0 Å². The van der Waals surface area contributed by atoms with Crippen molar-refractivity contribution in [1.82, 2.24) is 9.88 Å². The molecule has 0 radical (unpaired) electrons. The van der Waals surface area contributed by atoms with Crippen molar-refractivity contribution in [3.8, 4) is 11.1 Å². The van der Waals surface area contributed by atoms with Gasteiger partial charge in [0.2, 0.25) is 0 Å². The molecule has 1 atom stereocenters. The maximum absolute atomic E-state index is 12.5.